The summed E-state index contributed by atoms with van der Waals surface area (Å²) >= 11 is 0. The normalized spacial score (nSPS) is 11.1. The van der Waals surface area contributed by atoms with Crippen LogP contribution in [0.4, 0.5) is 0 Å². The number of hydrogen-bond acceptors (Lipinski definition) is 2. The summed E-state index contributed by atoms with van der Waals surface area (Å²) in [5.41, 5.74) is 2.72. The van der Waals surface area contributed by atoms with Gasteiger partial charge in [-0.1, -0.05) is 103 Å². The Morgan fingerprint density at radius 1 is 0.500 bits per heavy atom. The smallest absolute Gasteiger partial charge is 0.00974 e. The van der Waals surface area contributed by atoms with Crippen LogP contribution >= 0.6 is 0 Å². The van der Waals surface area contributed by atoms with Gasteiger partial charge in [-0.2, -0.15) is 0 Å². The Labute approximate surface area is 128 Å². The zero-order valence-electron chi connectivity index (χ0n) is 14.1. The average molecular weight is 285 g/mol. The lowest BCUT2D eigenvalue weighted by Gasteiger charge is -2.03. The molecule has 0 aliphatic heterocycles. The molecule has 0 aromatic rings. The molecule has 0 fully saturated rings. The molecule has 0 aromatic heterocycles. The molecule has 0 aliphatic rings. The summed E-state index contributed by atoms with van der Waals surface area (Å²) in [5.74, 6) is 5.24. The van der Waals surface area contributed by atoms with Gasteiger partial charge in [-0.3, -0.25) is 11.3 Å². The summed E-state index contributed by atoms with van der Waals surface area (Å²) in [6.07, 6.45) is 22.8. The van der Waals surface area contributed by atoms with Gasteiger partial charge in [-0.15, -0.1) is 0 Å². The lowest BCUT2D eigenvalue weighted by molar-refractivity contribution is 0.526. The number of unbranched alkanes of at least 4 members (excludes halogenated alkanes) is 15. The van der Waals surface area contributed by atoms with Crippen molar-refractivity contribution in [3.63, 3.8) is 0 Å². The summed E-state index contributed by atoms with van der Waals surface area (Å²) in [5, 5.41) is 0. The second-order valence-electron chi connectivity index (χ2n) is 6.26. The van der Waals surface area contributed by atoms with Crippen molar-refractivity contribution in [1.29, 1.82) is 0 Å². The standard InChI is InChI=1S/C18H40N2/c1-2-3-4-5-6-7-8-9-10-11-12-13-14-15-16-17-18-20-19/h20H,2-19H2,1H3. The molecular weight excluding hydrogens is 244 g/mol. The molecule has 0 unspecified atom stereocenters. The average Bonchev–Trinajstić information content (AvgIpc) is 2.47. The minimum absolute atomic E-state index is 0.971. The van der Waals surface area contributed by atoms with Gasteiger partial charge < -0.3 is 0 Å². The number of rotatable bonds is 17. The van der Waals surface area contributed by atoms with Crippen LogP contribution in [0.5, 0.6) is 0 Å². The Morgan fingerprint density at radius 2 is 0.800 bits per heavy atom. The van der Waals surface area contributed by atoms with E-state index in [1.807, 2.05) is 0 Å². The highest BCUT2D eigenvalue weighted by Crippen LogP contribution is 2.13. The summed E-state index contributed by atoms with van der Waals surface area (Å²) in [7, 11) is 0. The first-order valence-electron chi connectivity index (χ1n) is 9.35. The monoisotopic (exact) mass is 284 g/mol. The highest BCUT2D eigenvalue weighted by molar-refractivity contribution is 4.50. The molecule has 2 nitrogen and oxygen atoms in total. The third-order valence-corrected chi connectivity index (χ3v) is 4.17. The first-order valence-corrected chi connectivity index (χ1v) is 9.35. The second kappa shape index (κ2) is 18.9. The first kappa shape index (κ1) is 19.9. The quantitative estimate of drug-likeness (QED) is 0.204. The van der Waals surface area contributed by atoms with Crippen molar-refractivity contribution in [1.82, 2.24) is 5.43 Å². The van der Waals surface area contributed by atoms with Gasteiger partial charge in [0.2, 0.25) is 0 Å². The van der Waals surface area contributed by atoms with Crippen molar-refractivity contribution >= 4 is 0 Å². The molecule has 0 amide bonds. The maximum Gasteiger partial charge on any atom is 0.00974 e. The van der Waals surface area contributed by atoms with Crippen LogP contribution < -0.4 is 11.3 Å². The number of nitrogens with two attached hydrogens (primary N) is 1. The summed E-state index contributed by atoms with van der Waals surface area (Å²) < 4.78 is 0. The van der Waals surface area contributed by atoms with E-state index in [0.29, 0.717) is 0 Å². The van der Waals surface area contributed by atoms with Crippen LogP contribution in [-0.2, 0) is 0 Å². The van der Waals surface area contributed by atoms with Crippen LogP contribution in [0.2, 0.25) is 0 Å². The summed E-state index contributed by atoms with van der Waals surface area (Å²) in [6.45, 7) is 3.26. The van der Waals surface area contributed by atoms with Gasteiger partial charge in [0.05, 0.1) is 0 Å². The number of hydrogen-bond donors (Lipinski definition) is 2. The van der Waals surface area contributed by atoms with Gasteiger partial charge in [0.15, 0.2) is 0 Å². The molecule has 0 radical (unpaired) electrons. The third kappa shape index (κ3) is 17.9. The fourth-order valence-electron chi connectivity index (χ4n) is 2.78. The van der Waals surface area contributed by atoms with Crippen LogP contribution in [0.3, 0.4) is 0 Å². The predicted octanol–water partition coefficient (Wildman–Crippen LogP) is 5.71. The summed E-state index contributed by atoms with van der Waals surface area (Å²) in [4.78, 5) is 0. The van der Waals surface area contributed by atoms with Crippen molar-refractivity contribution in [3.8, 4) is 0 Å². The van der Waals surface area contributed by atoms with Crippen molar-refractivity contribution in [3.05, 3.63) is 0 Å². The topological polar surface area (TPSA) is 38.0 Å². The Hall–Kier alpha value is -0.0800. The fourth-order valence-corrected chi connectivity index (χ4v) is 2.78. The Bertz CT molecular complexity index is 141. The van der Waals surface area contributed by atoms with E-state index >= 15 is 0 Å². The second-order valence-corrected chi connectivity index (χ2v) is 6.26. The highest BCUT2D eigenvalue weighted by Gasteiger charge is 1.94. The summed E-state index contributed by atoms with van der Waals surface area (Å²) in [6, 6.07) is 0. The molecule has 2 heteroatoms. The molecule has 3 N–H and O–H groups in total. The molecule has 0 bridgehead atoms. The van der Waals surface area contributed by atoms with Crippen molar-refractivity contribution in [2.75, 3.05) is 6.54 Å². The first-order chi connectivity index (χ1) is 9.91. The van der Waals surface area contributed by atoms with Crippen molar-refractivity contribution < 1.29 is 0 Å². The van der Waals surface area contributed by atoms with E-state index in [0.717, 1.165) is 6.54 Å². The van der Waals surface area contributed by atoms with E-state index in [-0.39, 0.29) is 0 Å². The molecule has 0 atom stereocenters. The van der Waals surface area contributed by atoms with Crippen LogP contribution in [-0.4, -0.2) is 6.54 Å². The van der Waals surface area contributed by atoms with Gasteiger partial charge in [-0.05, 0) is 6.42 Å². The minimum Gasteiger partial charge on any atom is -0.271 e. The maximum absolute atomic E-state index is 5.24. The largest absolute Gasteiger partial charge is 0.271 e. The Morgan fingerprint density at radius 3 is 1.10 bits per heavy atom. The molecule has 0 rings (SSSR count). The van der Waals surface area contributed by atoms with Gasteiger partial charge in [-0.25, -0.2) is 0 Å². The third-order valence-electron chi connectivity index (χ3n) is 4.17. The van der Waals surface area contributed by atoms with E-state index in [1.54, 1.807) is 0 Å². The zero-order chi connectivity index (χ0) is 14.7. The zero-order valence-corrected chi connectivity index (χ0v) is 14.1. The highest BCUT2D eigenvalue weighted by atomic mass is 15.2. The van der Waals surface area contributed by atoms with Gasteiger partial charge in [0.1, 0.15) is 0 Å². The lowest BCUT2D eigenvalue weighted by Crippen LogP contribution is -2.22. The van der Waals surface area contributed by atoms with E-state index in [1.165, 1.54) is 103 Å². The number of hydrazine groups is 1. The van der Waals surface area contributed by atoms with E-state index in [4.69, 9.17) is 5.84 Å². The molecule has 0 saturated carbocycles. The van der Waals surface area contributed by atoms with Gasteiger partial charge >= 0.3 is 0 Å². The van der Waals surface area contributed by atoms with E-state index < -0.39 is 0 Å². The maximum atomic E-state index is 5.24. The van der Waals surface area contributed by atoms with E-state index in [9.17, 15) is 0 Å². The van der Waals surface area contributed by atoms with Crippen LogP contribution in [0.1, 0.15) is 110 Å². The predicted molar refractivity (Wildman–Crippen MR) is 91.7 cm³/mol. The van der Waals surface area contributed by atoms with Crippen LogP contribution in [0.15, 0.2) is 0 Å². The van der Waals surface area contributed by atoms with Gasteiger partial charge in [0, 0.05) is 6.54 Å². The lowest BCUT2D eigenvalue weighted by atomic mass is 10.0. The molecule has 0 heterocycles. The van der Waals surface area contributed by atoms with Crippen molar-refractivity contribution in [2.45, 2.75) is 110 Å². The Kier molecular flexibility index (Phi) is 18.8. The molecule has 122 valence electrons. The molecule has 0 aliphatic carbocycles. The van der Waals surface area contributed by atoms with E-state index in [2.05, 4.69) is 12.3 Å². The minimum atomic E-state index is 0.971. The van der Waals surface area contributed by atoms with Crippen LogP contribution in [0, 0.1) is 0 Å². The molecule has 0 aromatic carbocycles. The molecular formula is C18H40N2. The SMILES string of the molecule is CCCCCCCCCCCCCCCCCCNN. The van der Waals surface area contributed by atoms with Crippen LogP contribution in [0.25, 0.3) is 0 Å². The fraction of sp³-hybridized carbons (Fsp3) is 1.00. The molecule has 0 saturated heterocycles. The molecule has 0 spiro atoms. The van der Waals surface area contributed by atoms with Crippen molar-refractivity contribution in [2.24, 2.45) is 5.84 Å². The molecule has 20 heavy (non-hydrogen) atoms. The Balaban J connectivity index is 2.89. The number of nitrogens with one attached hydrogen (secondary N) is 1. The van der Waals surface area contributed by atoms with Gasteiger partial charge in [0.25, 0.3) is 0 Å².